The Labute approximate surface area is 145 Å². The van der Waals surface area contributed by atoms with Crippen LogP contribution in [0.15, 0.2) is 36.5 Å². The first-order chi connectivity index (χ1) is 12.0. The predicted molar refractivity (Wildman–Crippen MR) is 91.6 cm³/mol. The number of primary amides is 1. The normalized spacial score (nSPS) is 20.0. The molecule has 25 heavy (non-hydrogen) atoms. The van der Waals surface area contributed by atoms with Crippen molar-refractivity contribution < 1.29 is 19.1 Å². The van der Waals surface area contributed by atoms with E-state index in [1.54, 1.807) is 36.5 Å². The van der Waals surface area contributed by atoms with E-state index in [4.69, 9.17) is 15.2 Å². The van der Waals surface area contributed by atoms with Gasteiger partial charge in [0.05, 0.1) is 18.2 Å². The lowest BCUT2D eigenvalue weighted by atomic mass is 10.0. The summed E-state index contributed by atoms with van der Waals surface area (Å²) < 4.78 is 11.4. The lowest BCUT2D eigenvalue weighted by Crippen LogP contribution is -2.51. The molecule has 132 valence electrons. The smallest absolute Gasteiger partial charge is 0.253 e. The van der Waals surface area contributed by atoms with E-state index < -0.39 is 5.91 Å². The molecule has 1 aromatic heterocycles. The topological polar surface area (TPSA) is 106 Å². The molecule has 1 aliphatic rings. The summed E-state index contributed by atoms with van der Waals surface area (Å²) in [6, 6.07) is 8.18. The van der Waals surface area contributed by atoms with Crippen molar-refractivity contribution in [2.75, 3.05) is 13.2 Å². The predicted octanol–water partition coefficient (Wildman–Crippen LogP) is 1.39. The van der Waals surface area contributed by atoms with Gasteiger partial charge < -0.3 is 25.5 Å². The molecule has 0 bridgehead atoms. The summed E-state index contributed by atoms with van der Waals surface area (Å²) in [7, 11) is 0. The molecular weight excluding hydrogens is 322 g/mol. The van der Waals surface area contributed by atoms with E-state index in [0.29, 0.717) is 36.5 Å². The monoisotopic (exact) mass is 343 g/mol. The third-order valence-electron chi connectivity index (χ3n) is 4.25. The van der Waals surface area contributed by atoms with Crippen LogP contribution in [0.2, 0.25) is 0 Å². The number of nitrogens with one attached hydrogen (secondary N) is 2. The SMILES string of the molecule is Cc1[nH]ccc1C(=O)N[C@@H]1CCOC[C@H]1Oc1ccc(C(N)=O)cc1. The van der Waals surface area contributed by atoms with Gasteiger partial charge in [-0.1, -0.05) is 0 Å². The molecule has 0 aliphatic carbocycles. The number of H-pyrrole nitrogens is 1. The first kappa shape index (κ1) is 17.0. The maximum Gasteiger partial charge on any atom is 0.253 e. The van der Waals surface area contributed by atoms with Crippen LogP contribution in [-0.2, 0) is 4.74 Å². The van der Waals surface area contributed by atoms with Gasteiger partial charge in [-0.15, -0.1) is 0 Å². The van der Waals surface area contributed by atoms with Crippen LogP contribution in [-0.4, -0.2) is 42.2 Å². The summed E-state index contributed by atoms with van der Waals surface area (Å²) in [4.78, 5) is 26.6. The number of carbonyl (C=O) groups excluding carboxylic acids is 2. The van der Waals surface area contributed by atoms with Gasteiger partial charge in [0.1, 0.15) is 11.9 Å². The van der Waals surface area contributed by atoms with Crippen LogP contribution in [0, 0.1) is 6.92 Å². The molecule has 1 aromatic carbocycles. The summed E-state index contributed by atoms with van der Waals surface area (Å²) in [6.07, 6.45) is 2.10. The molecule has 7 nitrogen and oxygen atoms in total. The van der Waals surface area contributed by atoms with Gasteiger partial charge in [0, 0.05) is 24.1 Å². The van der Waals surface area contributed by atoms with Gasteiger partial charge in [-0.25, -0.2) is 0 Å². The first-order valence-electron chi connectivity index (χ1n) is 8.13. The highest BCUT2D eigenvalue weighted by Crippen LogP contribution is 2.19. The quantitative estimate of drug-likeness (QED) is 0.762. The van der Waals surface area contributed by atoms with E-state index in [1.165, 1.54) is 0 Å². The maximum absolute atomic E-state index is 12.4. The van der Waals surface area contributed by atoms with Crippen LogP contribution >= 0.6 is 0 Å². The van der Waals surface area contributed by atoms with Gasteiger partial charge in [-0.2, -0.15) is 0 Å². The number of aryl methyl sites for hydroxylation is 1. The molecule has 1 fully saturated rings. The number of nitrogens with two attached hydrogens (primary N) is 1. The Morgan fingerprint density at radius 1 is 1.28 bits per heavy atom. The molecule has 3 rings (SSSR count). The average molecular weight is 343 g/mol. The lowest BCUT2D eigenvalue weighted by molar-refractivity contribution is -0.0135. The van der Waals surface area contributed by atoms with Gasteiger partial charge in [-0.05, 0) is 43.7 Å². The van der Waals surface area contributed by atoms with E-state index in [-0.39, 0.29) is 18.1 Å². The van der Waals surface area contributed by atoms with Gasteiger partial charge in [0.2, 0.25) is 5.91 Å². The maximum atomic E-state index is 12.4. The second-order valence-corrected chi connectivity index (χ2v) is 6.00. The fourth-order valence-electron chi connectivity index (χ4n) is 2.81. The van der Waals surface area contributed by atoms with Gasteiger partial charge >= 0.3 is 0 Å². The molecule has 1 saturated heterocycles. The van der Waals surface area contributed by atoms with E-state index >= 15 is 0 Å². The second-order valence-electron chi connectivity index (χ2n) is 6.00. The van der Waals surface area contributed by atoms with Crippen LogP contribution < -0.4 is 15.8 Å². The van der Waals surface area contributed by atoms with Crippen molar-refractivity contribution in [2.45, 2.75) is 25.5 Å². The second kappa shape index (κ2) is 7.40. The molecule has 0 saturated carbocycles. The number of carbonyl (C=O) groups is 2. The van der Waals surface area contributed by atoms with Crippen molar-refractivity contribution in [1.29, 1.82) is 0 Å². The first-order valence-corrected chi connectivity index (χ1v) is 8.13. The Hall–Kier alpha value is -2.80. The largest absolute Gasteiger partial charge is 0.486 e. The highest BCUT2D eigenvalue weighted by molar-refractivity contribution is 5.95. The molecule has 0 radical (unpaired) electrons. The number of rotatable bonds is 5. The zero-order valence-electron chi connectivity index (χ0n) is 14.0. The van der Waals surface area contributed by atoms with Crippen LogP contribution in [0.3, 0.4) is 0 Å². The fourth-order valence-corrected chi connectivity index (χ4v) is 2.81. The molecule has 0 unspecified atom stereocenters. The van der Waals surface area contributed by atoms with Gasteiger partial charge in [0.25, 0.3) is 5.91 Å². The molecule has 1 aliphatic heterocycles. The Bertz CT molecular complexity index is 754. The molecule has 4 N–H and O–H groups in total. The number of benzene rings is 1. The van der Waals surface area contributed by atoms with E-state index in [9.17, 15) is 9.59 Å². The van der Waals surface area contributed by atoms with Gasteiger partial charge in [-0.3, -0.25) is 9.59 Å². The van der Waals surface area contributed by atoms with Crippen LogP contribution in [0.1, 0.15) is 32.8 Å². The number of amides is 2. The van der Waals surface area contributed by atoms with Gasteiger partial charge in [0.15, 0.2) is 0 Å². The van der Waals surface area contributed by atoms with Crippen molar-refractivity contribution in [1.82, 2.24) is 10.3 Å². The third-order valence-corrected chi connectivity index (χ3v) is 4.25. The minimum absolute atomic E-state index is 0.136. The Kier molecular flexibility index (Phi) is 5.04. The standard InChI is InChI=1S/C18H21N3O4/c1-11-14(6-8-20-11)18(23)21-15-7-9-24-10-16(15)25-13-4-2-12(3-5-13)17(19)22/h2-6,8,15-16,20H,7,9-10H2,1H3,(H2,19,22)(H,21,23)/t15-,16-/m1/s1. The molecule has 7 heteroatoms. The fraction of sp³-hybridized carbons (Fsp3) is 0.333. The molecular formula is C18H21N3O4. The van der Waals surface area contributed by atoms with Crippen LogP contribution in [0.4, 0.5) is 0 Å². The summed E-state index contributed by atoms with van der Waals surface area (Å²) >= 11 is 0. The van der Waals surface area contributed by atoms with Crippen LogP contribution in [0.25, 0.3) is 0 Å². The highest BCUT2D eigenvalue weighted by Gasteiger charge is 2.29. The van der Waals surface area contributed by atoms with Crippen molar-refractivity contribution in [3.05, 3.63) is 53.3 Å². The third kappa shape index (κ3) is 4.00. The average Bonchev–Trinajstić information content (AvgIpc) is 3.03. The molecule has 2 heterocycles. The minimum Gasteiger partial charge on any atom is -0.486 e. The van der Waals surface area contributed by atoms with Crippen molar-refractivity contribution >= 4 is 11.8 Å². The minimum atomic E-state index is -0.487. The zero-order valence-corrected chi connectivity index (χ0v) is 14.0. The summed E-state index contributed by atoms with van der Waals surface area (Å²) in [5, 5.41) is 3.02. The number of aromatic nitrogens is 1. The summed E-state index contributed by atoms with van der Waals surface area (Å²) in [5.41, 5.74) is 7.09. The van der Waals surface area contributed by atoms with E-state index in [2.05, 4.69) is 10.3 Å². The van der Waals surface area contributed by atoms with Crippen LogP contribution in [0.5, 0.6) is 5.75 Å². The van der Waals surface area contributed by atoms with E-state index in [0.717, 1.165) is 5.69 Å². The summed E-state index contributed by atoms with van der Waals surface area (Å²) in [5.74, 6) is -0.0273. The zero-order chi connectivity index (χ0) is 17.8. The number of aromatic amines is 1. The Balaban J connectivity index is 1.67. The summed E-state index contributed by atoms with van der Waals surface area (Å²) in [6.45, 7) is 2.80. The van der Waals surface area contributed by atoms with Crippen molar-refractivity contribution in [2.24, 2.45) is 5.73 Å². The lowest BCUT2D eigenvalue weighted by Gasteiger charge is -2.32. The van der Waals surface area contributed by atoms with Crippen molar-refractivity contribution in [3.8, 4) is 5.75 Å². The number of ether oxygens (including phenoxy) is 2. The number of hydrogen-bond acceptors (Lipinski definition) is 4. The molecule has 0 spiro atoms. The highest BCUT2D eigenvalue weighted by atomic mass is 16.5. The Morgan fingerprint density at radius 3 is 2.68 bits per heavy atom. The number of hydrogen-bond donors (Lipinski definition) is 3. The van der Waals surface area contributed by atoms with Crippen molar-refractivity contribution in [3.63, 3.8) is 0 Å². The molecule has 2 amide bonds. The van der Waals surface area contributed by atoms with E-state index in [1.807, 2.05) is 6.92 Å². The molecule has 2 atom stereocenters. The Morgan fingerprint density at radius 2 is 2.04 bits per heavy atom. The molecule has 2 aromatic rings.